The molecule has 1 N–H and O–H groups in total. The quantitative estimate of drug-likeness (QED) is 0.922. The lowest BCUT2D eigenvalue weighted by Crippen LogP contribution is -2.03. The molecule has 88 valence electrons. The van der Waals surface area contributed by atoms with E-state index in [0.717, 1.165) is 12.1 Å². The molecule has 17 heavy (non-hydrogen) atoms. The molecule has 0 saturated heterocycles. The third kappa shape index (κ3) is 2.05. The van der Waals surface area contributed by atoms with Gasteiger partial charge in [0.25, 0.3) is 0 Å². The summed E-state index contributed by atoms with van der Waals surface area (Å²) in [6, 6.07) is 3.46. The monoisotopic (exact) mass is 299 g/mol. The predicted molar refractivity (Wildman–Crippen MR) is 61.1 cm³/mol. The highest BCUT2D eigenvalue weighted by atomic mass is 79.9. The van der Waals surface area contributed by atoms with Gasteiger partial charge in [-0.25, -0.2) is 13.9 Å². The van der Waals surface area contributed by atoms with E-state index >= 15 is 0 Å². The fourth-order valence-electron chi connectivity index (χ4n) is 1.52. The molecule has 0 spiro atoms. The van der Waals surface area contributed by atoms with Gasteiger partial charge in [-0.15, -0.1) is 5.10 Å². The maximum absolute atomic E-state index is 13.2. The van der Waals surface area contributed by atoms with E-state index in [1.165, 1.54) is 10.7 Å². The third-order valence-corrected chi connectivity index (χ3v) is 2.79. The Labute approximate surface area is 104 Å². The van der Waals surface area contributed by atoms with Crippen LogP contribution < -0.4 is 0 Å². The van der Waals surface area contributed by atoms with Gasteiger partial charge >= 0.3 is 5.97 Å². The zero-order chi connectivity index (χ0) is 12.6. The molecule has 0 bridgehead atoms. The number of halogens is 2. The van der Waals surface area contributed by atoms with Crippen LogP contribution in [0.25, 0.3) is 11.3 Å². The summed E-state index contributed by atoms with van der Waals surface area (Å²) in [7, 11) is 1.60. The number of carboxylic acid groups (broad SMARTS) is 1. The van der Waals surface area contributed by atoms with Crippen LogP contribution in [0.5, 0.6) is 0 Å². The minimum atomic E-state index is -1.13. The van der Waals surface area contributed by atoms with Gasteiger partial charge in [0.15, 0.2) is 4.60 Å². The number of aryl methyl sites for hydroxylation is 1. The highest BCUT2D eigenvalue weighted by Crippen LogP contribution is 2.29. The summed E-state index contributed by atoms with van der Waals surface area (Å²) in [6.07, 6.45) is 0. The molecular weight excluding hydrogens is 293 g/mol. The summed E-state index contributed by atoms with van der Waals surface area (Å²) in [5.41, 5.74) is 0.649. The molecule has 0 atom stereocenters. The molecule has 7 heteroatoms. The van der Waals surface area contributed by atoms with E-state index in [-0.39, 0.29) is 11.1 Å². The summed E-state index contributed by atoms with van der Waals surface area (Å²) in [5.74, 6) is -1.65. The molecule has 1 aromatic carbocycles. The van der Waals surface area contributed by atoms with Crippen molar-refractivity contribution in [3.8, 4) is 11.3 Å². The molecule has 0 aliphatic rings. The maximum atomic E-state index is 13.2. The molecule has 0 unspecified atom stereocenters. The van der Waals surface area contributed by atoms with Crippen molar-refractivity contribution in [2.75, 3.05) is 0 Å². The number of aromatic carboxylic acids is 1. The van der Waals surface area contributed by atoms with Crippen molar-refractivity contribution in [2.45, 2.75) is 0 Å². The van der Waals surface area contributed by atoms with Crippen LogP contribution in [0.4, 0.5) is 4.39 Å². The Hall–Kier alpha value is -1.76. The molecule has 0 radical (unpaired) electrons. The number of benzene rings is 1. The summed E-state index contributed by atoms with van der Waals surface area (Å²) >= 11 is 3.15. The second kappa shape index (κ2) is 4.25. The van der Waals surface area contributed by atoms with E-state index in [9.17, 15) is 9.18 Å². The zero-order valence-electron chi connectivity index (χ0n) is 8.69. The first-order chi connectivity index (χ1) is 8.00. The molecule has 0 amide bonds. The van der Waals surface area contributed by atoms with Gasteiger partial charge in [0.05, 0.1) is 5.56 Å². The average Bonchev–Trinajstić information content (AvgIpc) is 2.58. The van der Waals surface area contributed by atoms with E-state index in [4.69, 9.17) is 5.11 Å². The van der Waals surface area contributed by atoms with Crippen molar-refractivity contribution < 1.29 is 14.3 Å². The van der Waals surface area contributed by atoms with Gasteiger partial charge in [0.1, 0.15) is 11.5 Å². The zero-order valence-corrected chi connectivity index (χ0v) is 10.3. The van der Waals surface area contributed by atoms with Gasteiger partial charge < -0.3 is 5.11 Å². The van der Waals surface area contributed by atoms with Crippen LogP contribution in [-0.4, -0.2) is 26.1 Å². The standard InChI is InChI=1S/C10H7BrFN3O2/c1-15-8(9(11)13-14-15)7-4-5(12)2-3-6(7)10(16)17/h2-4H,1H3,(H,16,17). The molecule has 0 aliphatic carbocycles. The van der Waals surface area contributed by atoms with E-state index in [1.807, 2.05) is 0 Å². The minimum Gasteiger partial charge on any atom is -0.478 e. The number of carboxylic acids is 1. The predicted octanol–water partition coefficient (Wildman–Crippen LogP) is 2.08. The highest BCUT2D eigenvalue weighted by molar-refractivity contribution is 9.10. The van der Waals surface area contributed by atoms with E-state index in [2.05, 4.69) is 26.2 Å². The Kier molecular flexibility index (Phi) is 2.93. The summed E-state index contributed by atoms with van der Waals surface area (Å²) in [5, 5.41) is 16.5. The van der Waals surface area contributed by atoms with Crippen molar-refractivity contribution in [2.24, 2.45) is 7.05 Å². The molecule has 0 aliphatic heterocycles. The lowest BCUT2D eigenvalue weighted by Gasteiger charge is -2.06. The summed E-state index contributed by atoms with van der Waals surface area (Å²) in [4.78, 5) is 11.1. The number of rotatable bonds is 2. The molecule has 5 nitrogen and oxygen atoms in total. The fraction of sp³-hybridized carbons (Fsp3) is 0.100. The Balaban J connectivity index is 2.74. The second-order valence-corrected chi connectivity index (χ2v) is 4.10. The van der Waals surface area contributed by atoms with E-state index in [0.29, 0.717) is 10.3 Å². The van der Waals surface area contributed by atoms with E-state index in [1.54, 1.807) is 7.05 Å². The SMILES string of the molecule is Cn1nnc(Br)c1-c1cc(F)ccc1C(=O)O. The van der Waals surface area contributed by atoms with Crippen LogP contribution in [0.2, 0.25) is 0 Å². The van der Waals surface area contributed by atoms with Gasteiger partial charge in [-0.05, 0) is 34.1 Å². The molecule has 1 aromatic heterocycles. The Bertz CT molecular complexity index is 578. The molecule has 2 rings (SSSR count). The second-order valence-electron chi connectivity index (χ2n) is 3.35. The average molecular weight is 300 g/mol. The van der Waals surface area contributed by atoms with Gasteiger partial charge in [0, 0.05) is 12.6 Å². The molecule has 1 heterocycles. The number of hydrogen-bond donors (Lipinski definition) is 1. The molecular formula is C10H7BrFN3O2. The van der Waals surface area contributed by atoms with Gasteiger partial charge in [-0.1, -0.05) is 5.21 Å². The number of aromatic nitrogens is 3. The highest BCUT2D eigenvalue weighted by Gasteiger charge is 2.18. The van der Waals surface area contributed by atoms with Crippen molar-refractivity contribution in [3.05, 3.63) is 34.2 Å². The van der Waals surface area contributed by atoms with Crippen molar-refractivity contribution in [3.63, 3.8) is 0 Å². The van der Waals surface area contributed by atoms with Crippen LogP contribution in [0.15, 0.2) is 22.8 Å². The Morgan fingerprint density at radius 1 is 1.53 bits per heavy atom. The Morgan fingerprint density at radius 3 is 2.76 bits per heavy atom. The Morgan fingerprint density at radius 2 is 2.24 bits per heavy atom. The third-order valence-electron chi connectivity index (χ3n) is 2.25. The van der Waals surface area contributed by atoms with Crippen LogP contribution >= 0.6 is 15.9 Å². The smallest absolute Gasteiger partial charge is 0.336 e. The van der Waals surface area contributed by atoms with Gasteiger partial charge in [-0.3, -0.25) is 0 Å². The lowest BCUT2D eigenvalue weighted by molar-refractivity contribution is 0.0697. The van der Waals surface area contributed by atoms with Crippen LogP contribution in [0.3, 0.4) is 0 Å². The van der Waals surface area contributed by atoms with Crippen LogP contribution in [0, 0.1) is 5.82 Å². The first kappa shape index (κ1) is 11.7. The van der Waals surface area contributed by atoms with Crippen LogP contribution in [-0.2, 0) is 7.05 Å². The summed E-state index contributed by atoms with van der Waals surface area (Å²) in [6.45, 7) is 0. The summed E-state index contributed by atoms with van der Waals surface area (Å²) < 4.78 is 15.0. The van der Waals surface area contributed by atoms with Gasteiger partial charge in [0.2, 0.25) is 0 Å². The minimum absolute atomic E-state index is 0.00231. The maximum Gasteiger partial charge on any atom is 0.336 e. The van der Waals surface area contributed by atoms with Crippen LogP contribution in [0.1, 0.15) is 10.4 Å². The number of nitrogens with zero attached hydrogens (tertiary/aromatic N) is 3. The molecule has 0 fully saturated rings. The topological polar surface area (TPSA) is 68.0 Å². The first-order valence-electron chi connectivity index (χ1n) is 4.59. The van der Waals surface area contributed by atoms with E-state index < -0.39 is 11.8 Å². The fourth-order valence-corrected chi connectivity index (χ4v) is 2.06. The molecule has 0 saturated carbocycles. The lowest BCUT2D eigenvalue weighted by atomic mass is 10.0. The first-order valence-corrected chi connectivity index (χ1v) is 5.38. The number of hydrogen-bond acceptors (Lipinski definition) is 3. The number of carbonyl (C=O) groups is 1. The molecule has 2 aromatic rings. The van der Waals surface area contributed by atoms with Crippen molar-refractivity contribution >= 4 is 21.9 Å². The van der Waals surface area contributed by atoms with Crippen molar-refractivity contribution in [1.82, 2.24) is 15.0 Å². The van der Waals surface area contributed by atoms with Gasteiger partial charge in [-0.2, -0.15) is 0 Å². The van der Waals surface area contributed by atoms with Crippen molar-refractivity contribution in [1.29, 1.82) is 0 Å². The largest absolute Gasteiger partial charge is 0.478 e. The normalized spacial score (nSPS) is 10.5.